The maximum absolute atomic E-state index is 13.1. The average molecular weight is 929 g/mol. The van der Waals surface area contributed by atoms with Gasteiger partial charge in [-0.3, -0.25) is 9.11 Å². The summed E-state index contributed by atoms with van der Waals surface area (Å²) in [4.78, 5) is 31.2. The Labute approximate surface area is 414 Å². The molecule has 1 atom stereocenters. The molecule has 24 heteroatoms. The van der Waals surface area contributed by atoms with E-state index >= 15 is 0 Å². The number of benzene rings is 3. The monoisotopic (exact) mass is 928 g/mol. The van der Waals surface area contributed by atoms with Crippen LogP contribution in [0, 0.1) is 5.92 Å². The van der Waals surface area contributed by atoms with Crippen molar-refractivity contribution in [2.45, 2.75) is 4.08 Å². The first kappa shape index (κ1) is 48.9. The van der Waals surface area contributed by atoms with Crippen LogP contribution in [0.15, 0.2) is 115 Å². The van der Waals surface area contributed by atoms with Crippen molar-refractivity contribution in [3.8, 4) is 0 Å². The van der Waals surface area contributed by atoms with Crippen LogP contribution in [0.2, 0.25) is 0 Å². The first-order valence-electron chi connectivity index (χ1n) is 19.4. The van der Waals surface area contributed by atoms with Gasteiger partial charge in [-0.25, -0.2) is 0 Å². The summed E-state index contributed by atoms with van der Waals surface area (Å²) in [6.07, 6.45) is 6.09. The van der Waals surface area contributed by atoms with Gasteiger partial charge in [-0.2, -0.15) is 46.7 Å². The number of hydrogen-bond donors (Lipinski definition) is 6. The third-order valence-corrected chi connectivity index (χ3v) is 13.6. The normalized spacial score (nSPS) is 17.4. The molecule has 64 heavy (non-hydrogen) atoms. The van der Waals surface area contributed by atoms with E-state index in [0.29, 0.717) is 81.4 Å². The van der Waals surface area contributed by atoms with Gasteiger partial charge in [0, 0.05) is 114 Å². The molecule has 4 heterocycles. The third kappa shape index (κ3) is 11.8. The van der Waals surface area contributed by atoms with Crippen molar-refractivity contribution in [3.63, 3.8) is 0 Å². The number of hydrogen-bond acceptors (Lipinski definition) is 18. The van der Waals surface area contributed by atoms with Crippen LogP contribution in [-0.2, 0) is 29.7 Å². The van der Waals surface area contributed by atoms with E-state index in [1.807, 2.05) is 70.5 Å². The Balaban J connectivity index is 0.00000340. The van der Waals surface area contributed by atoms with Gasteiger partial charge >= 0.3 is 0 Å². The Kier molecular flexibility index (Phi) is 16.5. The van der Waals surface area contributed by atoms with E-state index in [4.69, 9.17) is 9.47 Å². The van der Waals surface area contributed by atoms with Gasteiger partial charge in [-0.15, -0.1) is 0 Å². The second-order valence-corrected chi connectivity index (χ2v) is 17.6. The molecule has 2 fully saturated rings. The van der Waals surface area contributed by atoms with Crippen LogP contribution in [-0.4, -0.2) is 172 Å². The average Bonchev–Trinajstić information content (AvgIpc) is 3.27. The summed E-state index contributed by atoms with van der Waals surface area (Å²) in [7, 11) is -11.1. The van der Waals surface area contributed by atoms with Gasteiger partial charge in [0.1, 0.15) is 0 Å². The van der Waals surface area contributed by atoms with E-state index in [1.54, 1.807) is 24.3 Å². The van der Waals surface area contributed by atoms with E-state index < -0.39 is 30.2 Å². The summed E-state index contributed by atoms with van der Waals surface area (Å²) in [6.45, 7) is 4.15. The minimum atomic E-state index is -5.56. The van der Waals surface area contributed by atoms with Crippen LogP contribution in [0.5, 0.6) is 0 Å². The molecule has 5 aromatic rings. The smallest absolute Gasteiger partial charge is 0.292 e. The van der Waals surface area contributed by atoms with Crippen molar-refractivity contribution < 1.29 is 35.4 Å². The van der Waals surface area contributed by atoms with Crippen LogP contribution in [0.25, 0.3) is 6.08 Å². The van der Waals surface area contributed by atoms with Gasteiger partial charge < -0.3 is 40.5 Å². The third-order valence-electron chi connectivity index (χ3n) is 9.92. The first-order chi connectivity index (χ1) is 29.9. The fraction of sp³-hybridized carbons (Fsp3) is 0.250. The topological polar surface area (TPSA) is 259 Å². The predicted octanol–water partition coefficient (Wildman–Crippen LogP) is 3.87. The molecule has 2 aliphatic heterocycles. The van der Waals surface area contributed by atoms with Crippen molar-refractivity contribution in [2.24, 2.45) is 5.92 Å². The van der Waals surface area contributed by atoms with Crippen LogP contribution < -0.4 is 31.1 Å². The van der Waals surface area contributed by atoms with E-state index in [-0.39, 0.29) is 88.6 Å². The largest absolute Gasteiger partial charge is 0.378 e. The maximum Gasteiger partial charge on any atom is 0.292 e. The molecule has 0 spiro atoms. The number of allylic oxidation sites excluding steroid dienone is 3. The molecule has 0 amide bonds. The molecule has 3 aromatic carbocycles. The second-order valence-electron chi connectivity index (χ2n) is 14.1. The van der Waals surface area contributed by atoms with Gasteiger partial charge in [-0.1, -0.05) is 66.8 Å². The zero-order valence-corrected chi connectivity index (χ0v) is 40.6. The maximum atomic E-state index is 13.1. The number of nitrogens with zero attached hydrogens (tertiary/aromatic N) is 8. The number of morpholine rings is 2. The second kappa shape index (κ2) is 21.6. The van der Waals surface area contributed by atoms with Crippen molar-refractivity contribution in [1.82, 2.24) is 29.9 Å². The van der Waals surface area contributed by atoms with Gasteiger partial charge in [0.25, 0.3) is 24.3 Å². The summed E-state index contributed by atoms with van der Waals surface area (Å²) in [5, 5.41) is 12.4. The summed E-state index contributed by atoms with van der Waals surface area (Å²) in [5.41, 5.74) is 2.47. The molecule has 2 saturated heterocycles. The summed E-state index contributed by atoms with van der Waals surface area (Å²) < 4.78 is 81.4. The van der Waals surface area contributed by atoms with E-state index in [0.717, 1.165) is 11.8 Å². The molecule has 1 aliphatic carbocycles. The number of para-hydroxylation sites is 2. The first-order valence-corrected chi connectivity index (χ1v) is 22.3. The molecule has 3 aliphatic rings. The molecule has 1 unspecified atom stereocenters. The molecule has 0 saturated carbocycles. The van der Waals surface area contributed by atoms with E-state index in [9.17, 15) is 25.9 Å². The molecule has 6 N–H and O–H groups in total. The number of ether oxygens (including phenoxy) is 2. The molecule has 20 nitrogen and oxygen atoms in total. The quantitative estimate of drug-likeness (QED) is 0.0682. The zero-order chi connectivity index (χ0) is 43.2. The van der Waals surface area contributed by atoms with Crippen molar-refractivity contribution in [3.05, 3.63) is 120 Å². The molecule has 0 bridgehead atoms. The molecular weight excluding hydrogens is 887 g/mol. The Bertz CT molecular complexity index is 2660. The van der Waals surface area contributed by atoms with Gasteiger partial charge in [0.15, 0.2) is 0 Å². The summed E-state index contributed by atoms with van der Waals surface area (Å²) in [6, 6.07) is 25.4. The number of anilines is 9. The molecular formula is C40H42N12Na2O8S2. The van der Waals surface area contributed by atoms with Crippen molar-refractivity contribution >= 4 is 138 Å². The summed E-state index contributed by atoms with van der Waals surface area (Å²) in [5.74, 6) is -0.170. The van der Waals surface area contributed by atoms with Crippen LogP contribution in [0.4, 0.5) is 52.8 Å². The van der Waals surface area contributed by atoms with E-state index in [1.165, 1.54) is 24.3 Å². The fourth-order valence-electron chi connectivity index (χ4n) is 6.82. The van der Waals surface area contributed by atoms with Gasteiger partial charge in [0.2, 0.25) is 35.7 Å². The minimum absolute atomic E-state index is 0. The SMILES string of the molecule is O=S(=O)(O)C1(S(=O)(=O)O)C=C(Nc2nc(Nc3ccccc3)nc(N3CCOCC3)n2)C=CC1C=Cc1ccc(Nc2nc(Nc3ccccc3)nc(N3CCOCC3)n2)cc1.[Na].[Na]. The Morgan fingerprint density at radius 1 is 0.578 bits per heavy atom. The standard InChI is InChI=1S/C40H42N12O8S2.2Na/c53-61(54,55)40(62(56,57)58)27-33(44-37-46-35(42-31-9-5-2-6-10-31)48-39(50-37)52-21-25-60-26-22-52)18-15-29(40)14-11-28-12-16-32(17-13-28)43-36-45-34(41-30-7-3-1-4-8-30)47-38(49-36)51-19-23-59-24-20-51;;/h1-18,27,29H,19-26H2,(H,53,54,55)(H,56,57,58)(H2,41,43,45,47,49)(H2,42,44,46,48,50);;. The Morgan fingerprint density at radius 2 is 0.984 bits per heavy atom. The van der Waals surface area contributed by atoms with Crippen LogP contribution >= 0.6 is 0 Å². The zero-order valence-electron chi connectivity index (χ0n) is 34.9. The molecule has 2 aromatic heterocycles. The Morgan fingerprint density at radius 3 is 1.41 bits per heavy atom. The summed E-state index contributed by atoms with van der Waals surface area (Å²) >= 11 is 0. The minimum Gasteiger partial charge on any atom is -0.378 e. The van der Waals surface area contributed by atoms with Gasteiger partial charge in [0.05, 0.1) is 26.4 Å². The van der Waals surface area contributed by atoms with Crippen LogP contribution in [0.3, 0.4) is 0 Å². The number of aromatic nitrogens is 6. The number of nitrogens with one attached hydrogen (secondary N) is 4. The molecule has 8 rings (SSSR count). The van der Waals surface area contributed by atoms with E-state index in [2.05, 4.69) is 51.2 Å². The van der Waals surface area contributed by atoms with Gasteiger partial charge in [-0.05, 0) is 54.1 Å². The van der Waals surface area contributed by atoms with Crippen LogP contribution in [0.1, 0.15) is 5.56 Å². The molecule has 324 valence electrons. The predicted molar refractivity (Wildman–Crippen MR) is 246 cm³/mol. The Hall–Kier alpha value is -4.56. The van der Waals surface area contributed by atoms with Crippen molar-refractivity contribution in [1.29, 1.82) is 0 Å². The van der Waals surface area contributed by atoms with Crippen molar-refractivity contribution in [2.75, 3.05) is 83.7 Å². The fourth-order valence-corrected chi connectivity index (χ4v) is 9.44. The number of rotatable bonds is 14. The molecule has 2 radical (unpaired) electrons.